The minimum atomic E-state index is -0.477. The molecular weight excluding hydrogens is 200 g/mol. The number of nitrogens with one attached hydrogen (secondary N) is 1. The van der Waals surface area contributed by atoms with E-state index in [1.165, 1.54) is 6.42 Å². The van der Waals surface area contributed by atoms with E-state index in [4.69, 9.17) is 5.73 Å². The van der Waals surface area contributed by atoms with Crippen molar-refractivity contribution >= 4 is 17.8 Å². The summed E-state index contributed by atoms with van der Waals surface area (Å²) in [6.45, 7) is 0.587. The Morgan fingerprint density at radius 3 is 2.86 bits per heavy atom. The third-order valence-electron chi connectivity index (χ3n) is 2.40. The first-order chi connectivity index (χ1) is 6.70. The predicted octanol–water partition coefficient (Wildman–Crippen LogP) is 0.691. The average Bonchev–Trinajstić information content (AvgIpc) is 2.15. The molecule has 5 heteroatoms. The van der Waals surface area contributed by atoms with Gasteiger partial charge in [0.05, 0.1) is 6.10 Å². The van der Waals surface area contributed by atoms with Crippen LogP contribution < -0.4 is 11.1 Å². The van der Waals surface area contributed by atoms with Gasteiger partial charge in [-0.3, -0.25) is 0 Å². The van der Waals surface area contributed by atoms with Gasteiger partial charge in [0.25, 0.3) is 0 Å². The van der Waals surface area contributed by atoms with Crippen LogP contribution in [0.5, 0.6) is 0 Å². The number of hydrogen-bond donors (Lipinski definition) is 3. The molecule has 0 unspecified atom stereocenters. The number of carbonyl (C=O) groups is 1. The molecule has 0 aromatic heterocycles. The van der Waals surface area contributed by atoms with Gasteiger partial charge in [-0.1, -0.05) is 12.8 Å². The van der Waals surface area contributed by atoms with Crippen molar-refractivity contribution in [3.63, 3.8) is 0 Å². The Morgan fingerprint density at radius 2 is 2.21 bits per heavy atom. The average molecular weight is 218 g/mol. The summed E-state index contributed by atoms with van der Waals surface area (Å²) in [5, 5.41) is 12.5. The second kappa shape index (κ2) is 6.14. The smallest absolute Gasteiger partial charge is 0.312 e. The Labute approximate surface area is 88.6 Å². The van der Waals surface area contributed by atoms with Crippen molar-refractivity contribution < 1.29 is 9.90 Å². The van der Waals surface area contributed by atoms with Gasteiger partial charge >= 0.3 is 6.03 Å². The number of urea groups is 1. The van der Waals surface area contributed by atoms with Crippen LogP contribution in [0.3, 0.4) is 0 Å². The molecule has 1 aliphatic rings. The molecule has 0 saturated heterocycles. The zero-order valence-electron chi connectivity index (χ0n) is 8.24. The summed E-state index contributed by atoms with van der Waals surface area (Å²) in [5.74, 6) is 0.824. The van der Waals surface area contributed by atoms with Gasteiger partial charge in [0, 0.05) is 17.5 Å². The number of primary amides is 1. The molecule has 1 aliphatic carbocycles. The van der Waals surface area contributed by atoms with Crippen molar-refractivity contribution in [2.24, 2.45) is 5.73 Å². The third-order valence-corrected chi connectivity index (χ3v) is 3.82. The maximum atomic E-state index is 10.4. The first kappa shape index (κ1) is 11.7. The summed E-state index contributed by atoms with van der Waals surface area (Å²) < 4.78 is 0. The van der Waals surface area contributed by atoms with Gasteiger partial charge in [0.15, 0.2) is 0 Å². The molecule has 2 atom stereocenters. The lowest BCUT2D eigenvalue weighted by Gasteiger charge is -2.26. The van der Waals surface area contributed by atoms with Gasteiger partial charge in [-0.15, -0.1) is 0 Å². The van der Waals surface area contributed by atoms with Crippen molar-refractivity contribution in [1.29, 1.82) is 0 Å². The van der Waals surface area contributed by atoms with Crippen LogP contribution in [0.2, 0.25) is 0 Å². The fourth-order valence-electron chi connectivity index (χ4n) is 1.66. The largest absolute Gasteiger partial charge is 0.392 e. The molecule has 0 aromatic carbocycles. The van der Waals surface area contributed by atoms with Crippen LogP contribution in [-0.2, 0) is 0 Å². The topological polar surface area (TPSA) is 75.4 Å². The minimum absolute atomic E-state index is 0.165. The van der Waals surface area contributed by atoms with E-state index in [-0.39, 0.29) is 6.10 Å². The molecule has 0 spiro atoms. The fourth-order valence-corrected chi connectivity index (χ4v) is 2.87. The zero-order valence-corrected chi connectivity index (χ0v) is 9.05. The Hall–Kier alpha value is -0.420. The fraction of sp³-hybridized carbons (Fsp3) is 0.889. The Morgan fingerprint density at radius 1 is 1.50 bits per heavy atom. The maximum Gasteiger partial charge on any atom is 0.312 e. The van der Waals surface area contributed by atoms with Crippen LogP contribution in [0.25, 0.3) is 0 Å². The van der Waals surface area contributed by atoms with Gasteiger partial charge in [0.2, 0.25) is 0 Å². The van der Waals surface area contributed by atoms with E-state index in [0.29, 0.717) is 11.8 Å². The number of aliphatic hydroxyl groups is 1. The highest BCUT2D eigenvalue weighted by molar-refractivity contribution is 7.99. The van der Waals surface area contributed by atoms with Gasteiger partial charge in [-0.05, 0) is 12.8 Å². The molecule has 1 rings (SSSR count). The first-order valence-electron chi connectivity index (χ1n) is 5.03. The number of aliphatic hydroxyl groups excluding tert-OH is 1. The standard InChI is InChI=1S/C9H18N2O2S/c10-9(13)11-5-6-14-8-4-2-1-3-7(8)12/h7-8,12H,1-6H2,(H3,10,11,13)/t7-,8+/m1/s1. The SMILES string of the molecule is NC(=O)NCCS[C@H]1CCCC[C@H]1O. The second-order valence-electron chi connectivity index (χ2n) is 3.55. The van der Waals surface area contributed by atoms with Crippen LogP contribution in [0.4, 0.5) is 4.79 Å². The molecule has 4 N–H and O–H groups in total. The number of carbonyl (C=O) groups excluding carboxylic acids is 1. The van der Waals surface area contributed by atoms with E-state index in [9.17, 15) is 9.90 Å². The minimum Gasteiger partial charge on any atom is -0.392 e. The lowest BCUT2D eigenvalue weighted by Crippen LogP contribution is -2.32. The predicted molar refractivity (Wildman–Crippen MR) is 58.3 cm³/mol. The Kier molecular flexibility index (Phi) is 5.11. The van der Waals surface area contributed by atoms with E-state index < -0.39 is 6.03 Å². The first-order valence-corrected chi connectivity index (χ1v) is 6.08. The molecule has 1 saturated carbocycles. The summed E-state index contributed by atoms with van der Waals surface area (Å²) in [7, 11) is 0. The monoisotopic (exact) mass is 218 g/mol. The maximum absolute atomic E-state index is 10.4. The van der Waals surface area contributed by atoms with Crippen LogP contribution in [0.1, 0.15) is 25.7 Å². The summed E-state index contributed by atoms with van der Waals surface area (Å²) in [5.41, 5.74) is 4.93. The highest BCUT2D eigenvalue weighted by Crippen LogP contribution is 2.28. The van der Waals surface area contributed by atoms with Crippen molar-refractivity contribution in [1.82, 2.24) is 5.32 Å². The molecule has 14 heavy (non-hydrogen) atoms. The quantitative estimate of drug-likeness (QED) is 0.608. The number of thioether (sulfide) groups is 1. The lowest BCUT2D eigenvalue weighted by atomic mass is 9.97. The highest BCUT2D eigenvalue weighted by atomic mass is 32.2. The number of nitrogens with two attached hydrogens (primary N) is 1. The highest BCUT2D eigenvalue weighted by Gasteiger charge is 2.22. The van der Waals surface area contributed by atoms with E-state index in [1.807, 2.05) is 0 Å². The van der Waals surface area contributed by atoms with E-state index in [1.54, 1.807) is 11.8 Å². The molecule has 1 fully saturated rings. The van der Waals surface area contributed by atoms with Crippen LogP contribution in [0, 0.1) is 0 Å². The number of amides is 2. The van der Waals surface area contributed by atoms with Gasteiger partial charge < -0.3 is 16.2 Å². The van der Waals surface area contributed by atoms with Crippen molar-refractivity contribution in [3.8, 4) is 0 Å². The molecule has 0 bridgehead atoms. The van der Waals surface area contributed by atoms with E-state index >= 15 is 0 Å². The zero-order chi connectivity index (χ0) is 10.4. The van der Waals surface area contributed by atoms with Crippen LogP contribution in [0.15, 0.2) is 0 Å². The summed E-state index contributed by atoms with van der Waals surface area (Å²) in [4.78, 5) is 10.4. The summed E-state index contributed by atoms with van der Waals surface area (Å²) in [6, 6.07) is -0.477. The molecule has 0 heterocycles. The molecular formula is C9H18N2O2S. The Balaban J connectivity index is 2.07. The molecule has 0 aliphatic heterocycles. The molecule has 0 aromatic rings. The van der Waals surface area contributed by atoms with Crippen molar-refractivity contribution in [3.05, 3.63) is 0 Å². The van der Waals surface area contributed by atoms with E-state index in [0.717, 1.165) is 25.0 Å². The summed E-state index contributed by atoms with van der Waals surface area (Å²) in [6.07, 6.45) is 4.18. The normalized spacial score (nSPS) is 27.2. The summed E-state index contributed by atoms with van der Waals surface area (Å²) >= 11 is 1.73. The van der Waals surface area contributed by atoms with Crippen LogP contribution in [-0.4, -0.2) is 34.8 Å². The van der Waals surface area contributed by atoms with Gasteiger partial charge in [-0.25, -0.2) is 4.79 Å². The lowest BCUT2D eigenvalue weighted by molar-refractivity contribution is 0.137. The third kappa shape index (κ3) is 4.19. The van der Waals surface area contributed by atoms with Crippen molar-refractivity contribution in [2.45, 2.75) is 37.0 Å². The second-order valence-corrected chi connectivity index (χ2v) is 4.90. The molecule has 82 valence electrons. The van der Waals surface area contributed by atoms with Gasteiger partial charge in [0.1, 0.15) is 0 Å². The molecule has 4 nitrogen and oxygen atoms in total. The van der Waals surface area contributed by atoms with Crippen molar-refractivity contribution in [2.75, 3.05) is 12.3 Å². The van der Waals surface area contributed by atoms with Gasteiger partial charge in [-0.2, -0.15) is 11.8 Å². The molecule has 0 radical (unpaired) electrons. The van der Waals surface area contributed by atoms with E-state index in [2.05, 4.69) is 5.32 Å². The Bertz CT molecular complexity index is 190. The van der Waals surface area contributed by atoms with Crippen LogP contribution >= 0.6 is 11.8 Å². The number of rotatable bonds is 4. The number of hydrogen-bond acceptors (Lipinski definition) is 3. The molecule has 2 amide bonds.